The second-order valence-electron chi connectivity index (χ2n) is 6.49. The normalized spacial score (nSPS) is 14.8. The second kappa shape index (κ2) is 6.92. The Labute approximate surface area is 154 Å². The third kappa shape index (κ3) is 3.22. The number of aromatic nitrogens is 4. The van der Waals surface area contributed by atoms with Gasteiger partial charge in [0.2, 0.25) is 5.91 Å². The van der Waals surface area contributed by atoms with Crippen LogP contribution in [0.25, 0.3) is 10.9 Å². The Hall–Kier alpha value is -2.67. The number of amides is 1. The summed E-state index contributed by atoms with van der Waals surface area (Å²) in [5, 5.41) is 8.13. The van der Waals surface area contributed by atoms with E-state index < -0.39 is 0 Å². The Bertz CT molecular complexity index is 1020. The maximum absolute atomic E-state index is 12.5. The van der Waals surface area contributed by atoms with E-state index in [4.69, 9.17) is 11.6 Å². The van der Waals surface area contributed by atoms with Crippen LogP contribution in [0.3, 0.4) is 0 Å². The number of hydrogen-bond acceptors (Lipinski definition) is 4. The first-order valence-electron chi connectivity index (χ1n) is 8.60. The van der Waals surface area contributed by atoms with E-state index in [0.29, 0.717) is 27.8 Å². The molecule has 1 saturated carbocycles. The molecule has 1 N–H and O–H groups in total. The molecule has 3 aromatic rings. The lowest BCUT2D eigenvalue weighted by Crippen LogP contribution is -2.28. The van der Waals surface area contributed by atoms with E-state index >= 15 is 0 Å². The van der Waals surface area contributed by atoms with E-state index in [-0.39, 0.29) is 18.0 Å². The predicted octanol–water partition coefficient (Wildman–Crippen LogP) is 3.00. The van der Waals surface area contributed by atoms with Crippen LogP contribution in [0.5, 0.6) is 0 Å². The summed E-state index contributed by atoms with van der Waals surface area (Å²) in [5.74, 6) is 0.373. The minimum absolute atomic E-state index is 0.111. The van der Waals surface area contributed by atoms with Crippen molar-refractivity contribution in [2.45, 2.75) is 38.3 Å². The number of rotatable bonds is 4. The van der Waals surface area contributed by atoms with Crippen LogP contribution in [-0.4, -0.2) is 25.2 Å². The first-order valence-corrected chi connectivity index (χ1v) is 8.98. The van der Waals surface area contributed by atoms with Crippen LogP contribution >= 0.6 is 11.6 Å². The maximum atomic E-state index is 12.5. The molecule has 0 aliphatic heterocycles. The van der Waals surface area contributed by atoms with Crippen molar-refractivity contribution in [3.63, 3.8) is 0 Å². The number of carbonyl (C=O) groups excluding carboxylic acids is 1. The number of hydrogen-bond donors (Lipinski definition) is 1. The average Bonchev–Trinajstić information content (AvgIpc) is 3.28. The molecule has 1 aromatic carbocycles. The van der Waals surface area contributed by atoms with Crippen molar-refractivity contribution in [2.75, 3.05) is 5.32 Å². The van der Waals surface area contributed by atoms with Crippen molar-refractivity contribution >= 4 is 34.2 Å². The summed E-state index contributed by atoms with van der Waals surface area (Å²) in [6.45, 7) is -0.111. The molecule has 0 bridgehead atoms. The molecule has 4 rings (SSSR count). The van der Waals surface area contributed by atoms with Gasteiger partial charge in [0.1, 0.15) is 12.4 Å². The number of benzene rings is 1. The molecule has 0 atom stereocenters. The quantitative estimate of drug-likeness (QED) is 0.764. The Morgan fingerprint density at radius 3 is 2.88 bits per heavy atom. The summed E-state index contributed by atoms with van der Waals surface area (Å²) in [6.07, 6.45) is 7.55. The molecular weight excluding hydrogens is 354 g/mol. The van der Waals surface area contributed by atoms with E-state index in [9.17, 15) is 9.59 Å². The summed E-state index contributed by atoms with van der Waals surface area (Å²) < 4.78 is 3.16. The Kier molecular flexibility index (Phi) is 4.46. The highest BCUT2D eigenvalue weighted by molar-refractivity contribution is 6.31. The van der Waals surface area contributed by atoms with Crippen molar-refractivity contribution in [3.8, 4) is 0 Å². The van der Waals surface area contributed by atoms with Crippen LogP contribution in [0.4, 0.5) is 5.82 Å². The van der Waals surface area contributed by atoms with Crippen LogP contribution < -0.4 is 10.9 Å². The molecule has 1 fully saturated rings. The van der Waals surface area contributed by atoms with Crippen LogP contribution in [0, 0.1) is 0 Å². The highest BCUT2D eigenvalue weighted by atomic mass is 35.5. The minimum atomic E-state index is -0.290. The molecule has 7 nitrogen and oxygen atoms in total. The molecule has 0 radical (unpaired) electrons. The van der Waals surface area contributed by atoms with E-state index in [1.807, 2.05) is 4.68 Å². The Morgan fingerprint density at radius 2 is 2.08 bits per heavy atom. The summed E-state index contributed by atoms with van der Waals surface area (Å²) in [4.78, 5) is 29.2. The molecular formula is C18H18ClN5O2. The van der Waals surface area contributed by atoms with Gasteiger partial charge in [-0.25, -0.2) is 9.67 Å². The monoisotopic (exact) mass is 371 g/mol. The van der Waals surface area contributed by atoms with Crippen molar-refractivity contribution in [1.82, 2.24) is 19.3 Å². The van der Waals surface area contributed by atoms with Gasteiger partial charge in [-0.15, -0.1) is 0 Å². The smallest absolute Gasteiger partial charge is 0.261 e. The molecule has 8 heteroatoms. The fourth-order valence-electron chi connectivity index (χ4n) is 3.43. The zero-order valence-electron chi connectivity index (χ0n) is 14.1. The summed E-state index contributed by atoms with van der Waals surface area (Å²) in [7, 11) is 0. The average molecular weight is 372 g/mol. The number of nitrogens with one attached hydrogen (secondary N) is 1. The molecule has 1 aliphatic carbocycles. The zero-order valence-corrected chi connectivity index (χ0v) is 14.8. The van der Waals surface area contributed by atoms with Crippen LogP contribution in [0.1, 0.15) is 31.7 Å². The largest absolute Gasteiger partial charge is 0.309 e. The van der Waals surface area contributed by atoms with E-state index in [1.54, 1.807) is 30.5 Å². The van der Waals surface area contributed by atoms with Crippen molar-refractivity contribution < 1.29 is 4.79 Å². The lowest BCUT2D eigenvalue weighted by molar-refractivity contribution is -0.116. The van der Waals surface area contributed by atoms with Crippen molar-refractivity contribution in [2.24, 2.45) is 0 Å². The highest BCUT2D eigenvalue weighted by Gasteiger charge is 2.20. The van der Waals surface area contributed by atoms with Gasteiger partial charge in [-0.05, 0) is 31.0 Å². The molecule has 2 aromatic heterocycles. The SMILES string of the molecule is O=C(Cn1cnc2cc(Cl)ccc2c1=O)Nc1ccnn1C1CCCC1. The number of carbonyl (C=O) groups is 1. The van der Waals surface area contributed by atoms with Gasteiger partial charge >= 0.3 is 0 Å². The van der Waals surface area contributed by atoms with Gasteiger partial charge in [0.05, 0.1) is 29.5 Å². The van der Waals surface area contributed by atoms with Crippen molar-refractivity contribution in [1.29, 1.82) is 0 Å². The molecule has 1 amide bonds. The third-order valence-electron chi connectivity index (χ3n) is 4.71. The van der Waals surface area contributed by atoms with Crippen LogP contribution in [0.15, 0.2) is 41.6 Å². The lowest BCUT2D eigenvalue weighted by Gasteiger charge is -2.15. The van der Waals surface area contributed by atoms with Gasteiger partial charge in [-0.3, -0.25) is 14.2 Å². The third-order valence-corrected chi connectivity index (χ3v) is 4.94. The molecule has 2 heterocycles. The fraction of sp³-hybridized carbons (Fsp3) is 0.333. The second-order valence-corrected chi connectivity index (χ2v) is 6.92. The van der Waals surface area contributed by atoms with E-state index in [2.05, 4.69) is 15.4 Å². The van der Waals surface area contributed by atoms with Gasteiger partial charge in [-0.2, -0.15) is 5.10 Å². The molecule has 0 saturated heterocycles. The van der Waals surface area contributed by atoms with Gasteiger partial charge in [0.15, 0.2) is 0 Å². The van der Waals surface area contributed by atoms with Gasteiger partial charge in [0, 0.05) is 11.1 Å². The first kappa shape index (κ1) is 16.8. The van der Waals surface area contributed by atoms with Gasteiger partial charge in [0.25, 0.3) is 5.56 Å². The Morgan fingerprint density at radius 1 is 1.27 bits per heavy atom. The molecule has 0 unspecified atom stereocenters. The number of nitrogens with zero attached hydrogens (tertiary/aromatic N) is 4. The standard InChI is InChI=1S/C18H18ClN5O2/c19-12-5-6-14-15(9-12)20-11-23(18(14)26)10-17(25)22-16-7-8-21-24(16)13-3-1-2-4-13/h5-9,11,13H,1-4,10H2,(H,22,25). The summed E-state index contributed by atoms with van der Waals surface area (Å²) in [5.41, 5.74) is 0.240. The topological polar surface area (TPSA) is 81.8 Å². The Balaban J connectivity index is 1.53. The number of halogens is 1. The minimum Gasteiger partial charge on any atom is -0.309 e. The first-order chi connectivity index (χ1) is 12.6. The molecule has 26 heavy (non-hydrogen) atoms. The molecule has 0 spiro atoms. The fourth-order valence-corrected chi connectivity index (χ4v) is 3.60. The van der Waals surface area contributed by atoms with Crippen LogP contribution in [-0.2, 0) is 11.3 Å². The van der Waals surface area contributed by atoms with Gasteiger partial charge < -0.3 is 5.32 Å². The van der Waals surface area contributed by atoms with E-state index in [1.165, 1.54) is 23.7 Å². The number of fused-ring (bicyclic) bond motifs is 1. The molecule has 1 aliphatic rings. The summed E-state index contributed by atoms with van der Waals surface area (Å²) in [6, 6.07) is 6.99. The van der Waals surface area contributed by atoms with Crippen LogP contribution in [0.2, 0.25) is 5.02 Å². The summed E-state index contributed by atoms with van der Waals surface area (Å²) >= 11 is 5.92. The maximum Gasteiger partial charge on any atom is 0.261 e. The lowest BCUT2D eigenvalue weighted by atomic mass is 10.2. The number of anilines is 1. The van der Waals surface area contributed by atoms with Crippen molar-refractivity contribution in [3.05, 3.63) is 52.2 Å². The predicted molar refractivity (Wildman–Crippen MR) is 99.4 cm³/mol. The molecule has 134 valence electrons. The van der Waals surface area contributed by atoms with E-state index in [0.717, 1.165) is 12.8 Å². The zero-order chi connectivity index (χ0) is 18.1. The highest BCUT2D eigenvalue weighted by Crippen LogP contribution is 2.31. The van der Waals surface area contributed by atoms with Gasteiger partial charge in [-0.1, -0.05) is 24.4 Å².